The number of ether oxygens (including phenoxy) is 1. The highest BCUT2D eigenvalue weighted by molar-refractivity contribution is 6.01. The third-order valence-electron chi connectivity index (χ3n) is 6.84. The van der Waals surface area contributed by atoms with Gasteiger partial charge in [0.2, 0.25) is 0 Å². The minimum atomic E-state index is 0.284. The molecule has 1 saturated heterocycles. The van der Waals surface area contributed by atoms with Crippen LogP contribution in [0.4, 0.5) is 0 Å². The maximum atomic E-state index is 9.74. The van der Waals surface area contributed by atoms with E-state index in [4.69, 9.17) is 4.74 Å². The first-order valence-electron chi connectivity index (χ1n) is 11.9. The largest absolute Gasteiger partial charge is 0.508 e. The highest BCUT2D eigenvalue weighted by Crippen LogP contribution is 2.40. The monoisotopic (exact) mass is 436 g/mol. The molecule has 5 aromatic rings. The molecule has 0 aliphatic carbocycles. The fourth-order valence-electron chi connectivity index (χ4n) is 5.13. The number of nitrogens with zero attached hydrogens (tertiary/aromatic N) is 2. The lowest BCUT2D eigenvalue weighted by atomic mass is 10.0. The Labute approximate surface area is 194 Å². The van der Waals surface area contributed by atoms with Crippen LogP contribution in [0.3, 0.4) is 0 Å². The summed E-state index contributed by atoms with van der Waals surface area (Å²) in [6.07, 6.45) is 3.98. The minimum absolute atomic E-state index is 0.284. The lowest BCUT2D eigenvalue weighted by molar-refractivity contribution is 0.183. The van der Waals surface area contributed by atoms with E-state index in [2.05, 4.69) is 63.9 Å². The van der Waals surface area contributed by atoms with Crippen molar-refractivity contribution in [3.05, 3.63) is 78.9 Å². The first-order valence-corrected chi connectivity index (χ1v) is 11.9. The molecule has 4 nitrogen and oxygen atoms in total. The minimum Gasteiger partial charge on any atom is -0.508 e. The summed E-state index contributed by atoms with van der Waals surface area (Å²) in [7, 11) is 0. The van der Waals surface area contributed by atoms with E-state index in [1.54, 1.807) is 12.1 Å². The highest BCUT2D eigenvalue weighted by atomic mass is 16.5. The Kier molecular flexibility index (Phi) is 5.16. The van der Waals surface area contributed by atoms with Crippen molar-refractivity contribution >= 4 is 16.6 Å². The second-order valence-electron chi connectivity index (χ2n) is 9.00. The molecule has 33 heavy (non-hydrogen) atoms. The van der Waals surface area contributed by atoms with Crippen molar-refractivity contribution in [3.63, 3.8) is 0 Å². The summed E-state index contributed by atoms with van der Waals surface area (Å²) in [5.41, 5.74) is 8.22. The van der Waals surface area contributed by atoms with Gasteiger partial charge in [-0.15, -0.1) is 0 Å². The van der Waals surface area contributed by atoms with Crippen LogP contribution in [0.1, 0.15) is 19.3 Å². The molecule has 0 unspecified atom stereocenters. The van der Waals surface area contributed by atoms with Crippen molar-refractivity contribution in [1.29, 1.82) is 0 Å². The first kappa shape index (κ1) is 20.1. The molecule has 2 aromatic carbocycles. The number of phenols is 1. The molecular formula is C29H28N2O2. The summed E-state index contributed by atoms with van der Waals surface area (Å²) in [5.74, 6) is 1.21. The third kappa shape index (κ3) is 3.81. The molecule has 0 radical (unpaired) electrons. The number of aromatic hydroxyl groups is 1. The second-order valence-corrected chi connectivity index (χ2v) is 9.00. The van der Waals surface area contributed by atoms with E-state index in [1.165, 1.54) is 65.6 Å². The fraction of sp³-hybridized carbons (Fsp3) is 0.241. The van der Waals surface area contributed by atoms with Crippen LogP contribution in [0.15, 0.2) is 78.9 Å². The molecule has 0 saturated carbocycles. The summed E-state index contributed by atoms with van der Waals surface area (Å²) in [6.45, 7) is 4.14. The van der Waals surface area contributed by atoms with Crippen molar-refractivity contribution in [1.82, 2.24) is 9.30 Å². The Morgan fingerprint density at radius 1 is 0.727 bits per heavy atom. The topological polar surface area (TPSA) is 37.1 Å². The van der Waals surface area contributed by atoms with Gasteiger partial charge in [-0.05, 0) is 85.6 Å². The van der Waals surface area contributed by atoms with Crippen LogP contribution in [-0.2, 0) is 0 Å². The van der Waals surface area contributed by atoms with Gasteiger partial charge in [0.15, 0.2) is 0 Å². The van der Waals surface area contributed by atoms with Crippen LogP contribution in [0.5, 0.6) is 11.5 Å². The van der Waals surface area contributed by atoms with Crippen molar-refractivity contribution in [3.8, 4) is 33.8 Å². The molecule has 1 N–H and O–H groups in total. The van der Waals surface area contributed by atoms with Gasteiger partial charge in [-0.3, -0.25) is 4.90 Å². The summed E-state index contributed by atoms with van der Waals surface area (Å²) >= 11 is 0. The summed E-state index contributed by atoms with van der Waals surface area (Å²) in [5, 5.41) is 9.74. The maximum Gasteiger partial charge on any atom is 0.119 e. The van der Waals surface area contributed by atoms with Crippen molar-refractivity contribution in [2.45, 2.75) is 19.3 Å². The van der Waals surface area contributed by atoms with Gasteiger partial charge < -0.3 is 14.2 Å². The molecule has 1 aliphatic rings. The molecule has 6 rings (SSSR count). The van der Waals surface area contributed by atoms with Crippen molar-refractivity contribution in [2.75, 3.05) is 26.2 Å². The predicted molar refractivity (Wildman–Crippen MR) is 134 cm³/mol. The third-order valence-corrected chi connectivity index (χ3v) is 6.84. The van der Waals surface area contributed by atoms with Gasteiger partial charge in [0.25, 0.3) is 0 Å². The zero-order valence-electron chi connectivity index (χ0n) is 18.7. The number of phenolic OH excluding ortho intramolecular Hbond substituents is 1. The predicted octanol–water partition coefficient (Wildman–Crippen LogP) is 6.43. The van der Waals surface area contributed by atoms with E-state index in [1.807, 2.05) is 12.1 Å². The van der Waals surface area contributed by atoms with Gasteiger partial charge in [0.05, 0.1) is 5.52 Å². The van der Waals surface area contributed by atoms with Crippen molar-refractivity contribution < 1.29 is 9.84 Å². The average Bonchev–Trinajstić information content (AvgIpc) is 3.43. The molecule has 4 heteroatoms. The van der Waals surface area contributed by atoms with Crippen LogP contribution >= 0.6 is 0 Å². The van der Waals surface area contributed by atoms with E-state index in [0.717, 1.165) is 24.5 Å². The van der Waals surface area contributed by atoms with Crippen LogP contribution in [0, 0.1) is 0 Å². The second kappa shape index (κ2) is 8.45. The van der Waals surface area contributed by atoms with E-state index >= 15 is 0 Å². The van der Waals surface area contributed by atoms with Crippen LogP contribution in [0.25, 0.3) is 38.8 Å². The zero-order chi connectivity index (χ0) is 22.2. The van der Waals surface area contributed by atoms with Gasteiger partial charge in [-0.2, -0.15) is 0 Å². The lowest BCUT2D eigenvalue weighted by Gasteiger charge is -2.26. The number of pyridine rings is 1. The fourth-order valence-corrected chi connectivity index (χ4v) is 5.13. The Morgan fingerprint density at radius 2 is 1.33 bits per heavy atom. The summed E-state index contributed by atoms with van der Waals surface area (Å²) in [6, 6.07) is 26.9. The molecule has 1 aliphatic heterocycles. The molecule has 3 aromatic heterocycles. The van der Waals surface area contributed by atoms with Gasteiger partial charge in [-0.25, -0.2) is 0 Å². The summed E-state index contributed by atoms with van der Waals surface area (Å²) in [4.78, 5) is 2.50. The molecule has 166 valence electrons. The van der Waals surface area contributed by atoms with Gasteiger partial charge in [0.1, 0.15) is 18.1 Å². The number of hydrogen-bond donors (Lipinski definition) is 1. The van der Waals surface area contributed by atoms with E-state index in [0.29, 0.717) is 0 Å². The highest BCUT2D eigenvalue weighted by Gasteiger charge is 2.17. The average molecular weight is 437 g/mol. The number of hydrogen-bond acceptors (Lipinski definition) is 3. The van der Waals surface area contributed by atoms with Crippen molar-refractivity contribution in [2.24, 2.45) is 0 Å². The quantitative estimate of drug-likeness (QED) is 0.333. The number of aromatic nitrogens is 1. The van der Waals surface area contributed by atoms with Gasteiger partial charge >= 0.3 is 0 Å². The number of piperidine rings is 1. The number of rotatable bonds is 6. The molecule has 0 spiro atoms. The van der Waals surface area contributed by atoms with E-state index in [-0.39, 0.29) is 5.75 Å². The molecule has 0 bridgehead atoms. The molecule has 0 amide bonds. The number of likely N-dealkylation sites (tertiary alicyclic amines) is 1. The Hall–Kier alpha value is -3.50. The normalized spacial score (nSPS) is 14.9. The van der Waals surface area contributed by atoms with E-state index < -0.39 is 0 Å². The Balaban J connectivity index is 1.30. The molecule has 1 fully saturated rings. The smallest absolute Gasteiger partial charge is 0.119 e. The SMILES string of the molecule is Oc1ccc(-c2cc3cccc4cc(-c5ccc(OCCN6CCCCC6)cc5)c2n34)cc1. The Morgan fingerprint density at radius 3 is 1.97 bits per heavy atom. The lowest BCUT2D eigenvalue weighted by Crippen LogP contribution is -2.33. The zero-order valence-corrected chi connectivity index (χ0v) is 18.7. The summed E-state index contributed by atoms with van der Waals surface area (Å²) < 4.78 is 8.37. The Bertz CT molecular complexity index is 1360. The molecule has 4 heterocycles. The van der Waals surface area contributed by atoms with Gasteiger partial charge in [0, 0.05) is 28.7 Å². The van der Waals surface area contributed by atoms with E-state index in [9.17, 15) is 5.11 Å². The molecule has 0 atom stereocenters. The van der Waals surface area contributed by atoms with Crippen LogP contribution in [-0.4, -0.2) is 40.6 Å². The van der Waals surface area contributed by atoms with Crippen LogP contribution in [0.2, 0.25) is 0 Å². The molecular weight excluding hydrogens is 408 g/mol. The standard InChI is InChI=1S/C29H28N2O2/c32-25-11-7-21(8-12-25)27-19-23-5-4-6-24-20-28(29(27)31(23)24)22-9-13-26(14-10-22)33-18-17-30-15-2-1-3-16-30/h4-14,19-20,32H,1-3,15-18H2. The maximum absolute atomic E-state index is 9.74. The van der Waals surface area contributed by atoms with Crippen LogP contribution < -0.4 is 4.74 Å². The first-order chi connectivity index (χ1) is 16.3. The number of benzene rings is 2. The van der Waals surface area contributed by atoms with Gasteiger partial charge in [-0.1, -0.05) is 36.8 Å².